The molecule has 0 aliphatic rings. The Hall–Kier alpha value is -1.65. The number of nitrogens with zero attached hydrogens (tertiary/aromatic N) is 1. The fourth-order valence-corrected chi connectivity index (χ4v) is 3.05. The van der Waals surface area contributed by atoms with E-state index in [0.29, 0.717) is 0 Å². The Balaban J connectivity index is 2.10. The third-order valence-corrected chi connectivity index (χ3v) is 3.89. The lowest BCUT2D eigenvalue weighted by Crippen LogP contribution is -2.04. The van der Waals surface area contributed by atoms with E-state index in [9.17, 15) is 0 Å². The molecule has 0 amide bonds. The minimum Gasteiger partial charge on any atom is -0.316 e. The third kappa shape index (κ3) is 1.85. The van der Waals surface area contributed by atoms with E-state index in [-0.39, 0.29) is 0 Å². The molecule has 0 atom stereocenters. The molecule has 17 heavy (non-hydrogen) atoms. The van der Waals surface area contributed by atoms with Gasteiger partial charge in [0.05, 0.1) is 16.8 Å². The summed E-state index contributed by atoms with van der Waals surface area (Å²) in [5.41, 5.74) is 2.33. The maximum Gasteiger partial charge on any atom is 0.0795 e. The molecule has 2 heterocycles. The molecule has 3 aromatic rings. The Labute approximate surface area is 103 Å². The summed E-state index contributed by atoms with van der Waals surface area (Å²) in [6, 6.07) is 10.7. The molecular weight excluding hydrogens is 230 g/mol. The van der Waals surface area contributed by atoms with Crippen LogP contribution in [0.25, 0.3) is 20.7 Å². The lowest BCUT2D eigenvalue weighted by atomic mass is 10.2. The first kappa shape index (κ1) is 10.5. The standard InChI is InChI=1S/C13H13N3S/c1-14-7-10-8-15-16-13(10)12-6-9-4-2-3-5-11(9)17-12/h2-6,8,14H,7H2,1H3,(H,15,16). The number of hydrogen-bond acceptors (Lipinski definition) is 3. The van der Waals surface area contributed by atoms with Crippen LogP contribution in [0.15, 0.2) is 36.5 Å². The second-order valence-corrected chi connectivity index (χ2v) is 5.03. The van der Waals surface area contributed by atoms with Gasteiger partial charge < -0.3 is 5.32 Å². The van der Waals surface area contributed by atoms with Crippen molar-refractivity contribution in [1.29, 1.82) is 0 Å². The van der Waals surface area contributed by atoms with Crippen LogP contribution in [0.5, 0.6) is 0 Å². The summed E-state index contributed by atoms with van der Waals surface area (Å²) in [6.45, 7) is 0.833. The van der Waals surface area contributed by atoms with Gasteiger partial charge in [0.15, 0.2) is 0 Å². The third-order valence-electron chi connectivity index (χ3n) is 2.76. The molecule has 3 nitrogen and oxygen atoms in total. The topological polar surface area (TPSA) is 40.7 Å². The summed E-state index contributed by atoms with van der Waals surface area (Å²) in [4.78, 5) is 1.24. The highest BCUT2D eigenvalue weighted by Gasteiger charge is 2.10. The largest absolute Gasteiger partial charge is 0.316 e. The second-order valence-electron chi connectivity index (χ2n) is 3.95. The van der Waals surface area contributed by atoms with Gasteiger partial charge in [0.25, 0.3) is 0 Å². The molecule has 0 bridgehead atoms. The van der Waals surface area contributed by atoms with Crippen LogP contribution < -0.4 is 5.32 Å². The van der Waals surface area contributed by atoms with Crippen molar-refractivity contribution in [2.45, 2.75) is 6.54 Å². The predicted molar refractivity (Wildman–Crippen MR) is 72.2 cm³/mol. The van der Waals surface area contributed by atoms with E-state index < -0.39 is 0 Å². The molecule has 0 spiro atoms. The van der Waals surface area contributed by atoms with Crippen molar-refractivity contribution in [3.8, 4) is 10.6 Å². The first-order chi connectivity index (χ1) is 8.38. The summed E-state index contributed by atoms with van der Waals surface area (Å²) >= 11 is 1.80. The Kier molecular flexibility index (Phi) is 2.66. The molecule has 0 radical (unpaired) electrons. The van der Waals surface area contributed by atoms with Gasteiger partial charge in [-0.3, -0.25) is 5.10 Å². The zero-order valence-electron chi connectivity index (χ0n) is 9.53. The normalized spacial score (nSPS) is 11.1. The van der Waals surface area contributed by atoms with Crippen LogP contribution in [-0.4, -0.2) is 17.2 Å². The number of fused-ring (bicyclic) bond motifs is 1. The van der Waals surface area contributed by atoms with E-state index in [1.54, 1.807) is 11.3 Å². The van der Waals surface area contributed by atoms with Gasteiger partial charge in [0, 0.05) is 16.8 Å². The molecule has 2 aromatic heterocycles. The number of nitrogens with one attached hydrogen (secondary N) is 2. The number of rotatable bonds is 3. The molecule has 2 N–H and O–H groups in total. The van der Waals surface area contributed by atoms with Gasteiger partial charge in [0.2, 0.25) is 0 Å². The molecule has 1 aromatic carbocycles. The van der Waals surface area contributed by atoms with E-state index in [0.717, 1.165) is 12.2 Å². The van der Waals surface area contributed by atoms with Gasteiger partial charge in [-0.2, -0.15) is 5.10 Å². The van der Waals surface area contributed by atoms with Crippen LogP contribution in [0.2, 0.25) is 0 Å². The van der Waals surface area contributed by atoms with Crippen molar-refractivity contribution in [3.63, 3.8) is 0 Å². The van der Waals surface area contributed by atoms with E-state index in [1.165, 1.54) is 20.5 Å². The Morgan fingerprint density at radius 3 is 3.06 bits per heavy atom. The molecule has 0 aliphatic carbocycles. The second kappa shape index (κ2) is 4.31. The van der Waals surface area contributed by atoms with Gasteiger partial charge in [-0.15, -0.1) is 11.3 Å². The predicted octanol–water partition coefficient (Wildman–Crippen LogP) is 3.01. The van der Waals surface area contributed by atoms with Crippen molar-refractivity contribution in [3.05, 3.63) is 42.1 Å². The van der Waals surface area contributed by atoms with Gasteiger partial charge in [0.1, 0.15) is 0 Å². The van der Waals surface area contributed by atoms with Crippen molar-refractivity contribution < 1.29 is 0 Å². The monoisotopic (exact) mass is 243 g/mol. The fourth-order valence-electron chi connectivity index (χ4n) is 1.95. The van der Waals surface area contributed by atoms with Gasteiger partial charge in [-0.1, -0.05) is 18.2 Å². The van der Waals surface area contributed by atoms with Crippen LogP contribution in [-0.2, 0) is 6.54 Å². The minimum absolute atomic E-state index is 0.833. The van der Waals surface area contributed by atoms with Crippen molar-refractivity contribution in [1.82, 2.24) is 15.5 Å². The van der Waals surface area contributed by atoms with Crippen LogP contribution in [0, 0.1) is 0 Å². The minimum atomic E-state index is 0.833. The van der Waals surface area contributed by atoms with Crippen molar-refractivity contribution >= 4 is 21.4 Å². The van der Waals surface area contributed by atoms with Gasteiger partial charge >= 0.3 is 0 Å². The van der Waals surface area contributed by atoms with E-state index >= 15 is 0 Å². The first-order valence-corrected chi connectivity index (χ1v) is 6.36. The maximum absolute atomic E-state index is 4.13. The van der Waals surface area contributed by atoms with Gasteiger partial charge in [-0.05, 0) is 24.6 Å². The molecule has 4 heteroatoms. The zero-order valence-corrected chi connectivity index (χ0v) is 10.3. The number of thiophene rings is 1. The lowest BCUT2D eigenvalue weighted by molar-refractivity contribution is 0.820. The first-order valence-electron chi connectivity index (χ1n) is 5.54. The highest BCUT2D eigenvalue weighted by molar-refractivity contribution is 7.22. The highest BCUT2D eigenvalue weighted by Crippen LogP contribution is 2.33. The summed E-state index contributed by atoms with van der Waals surface area (Å²) in [5.74, 6) is 0. The number of aromatic amines is 1. The molecule has 86 valence electrons. The smallest absolute Gasteiger partial charge is 0.0795 e. The molecule has 0 fully saturated rings. The molecule has 0 saturated heterocycles. The number of H-pyrrole nitrogens is 1. The average Bonchev–Trinajstić information content (AvgIpc) is 2.94. The molecular formula is C13H13N3S. The maximum atomic E-state index is 4.13. The summed E-state index contributed by atoms with van der Waals surface area (Å²) in [6.07, 6.45) is 1.89. The number of benzene rings is 1. The summed E-state index contributed by atoms with van der Waals surface area (Å²) in [7, 11) is 1.95. The van der Waals surface area contributed by atoms with Crippen molar-refractivity contribution in [2.24, 2.45) is 0 Å². The molecule has 0 aliphatic heterocycles. The molecule has 3 rings (SSSR count). The van der Waals surface area contributed by atoms with Crippen molar-refractivity contribution in [2.75, 3.05) is 7.05 Å². The Morgan fingerprint density at radius 2 is 2.24 bits per heavy atom. The molecule has 0 saturated carbocycles. The summed E-state index contributed by atoms with van der Waals surface area (Å²) < 4.78 is 1.31. The van der Waals surface area contributed by atoms with Gasteiger partial charge in [-0.25, -0.2) is 0 Å². The zero-order chi connectivity index (χ0) is 11.7. The average molecular weight is 243 g/mol. The Morgan fingerprint density at radius 1 is 1.35 bits per heavy atom. The lowest BCUT2D eigenvalue weighted by Gasteiger charge is -1.98. The van der Waals surface area contributed by atoms with Crippen LogP contribution >= 0.6 is 11.3 Å². The fraction of sp³-hybridized carbons (Fsp3) is 0.154. The van der Waals surface area contributed by atoms with E-state index in [2.05, 4.69) is 45.8 Å². The van der Waals surface area contributed by atoms with Crippen LogP contribution in [0.4, 0.5) is 0 Å². The Bertz CT molecular complexity index is 606. The number of aromatic nitrogens is 2. The van der Waals surface area contributed by atoms with Crippen LogP contribution in [0.3, 0.4) is 0 Å². The highest BCUT2D eigenvalue weighted by atomic mass is 32.1. The SMILES string of the molecule is CNCc1cn[nH]c1-c1cc2ccccc2s1. The number of hydrogen-bond donors (Lipinski definition) is 2. The molecule has 0 unspecified atom stereocenters. The van der Waals surface area contributed by atoms with E-state index in [1.807, 2.05) is 13.2 Å². The quantitative estimate of drug-likeness (QED) is 0.742. The van der Waals surface area contributed by atoms with Crippen LogP contribution in [0.1, 0.15) is 5.56 Å². The van der Waals surface area contributed by atoms with E-state index in [4.69, 9.17) is 0 Å². The summed E-state index contributed by atoms with van der Waals surface area (Å²) in [5, 5.41) is 11.7.